The number of benzene rings is 1. The van der Waals surface area contributed by atoms with E-state index in [9.17, 15) is 9.59 Å². The first-order chi connectivity index (χ1) is 12.0. The number of hydrogen-bond donors (Lipinski definition) is 2. The number of ether oxygens (including phenoxy) is 1. The summed E-state index contributed by atoms with van der Waals surface area (Å²) in [6.45, 7) is 11.4. The highest BCUT2D eigenvalue weighted by molar-refractivity contribution is 5.95. The third kappa shape index (κ3) is 4.21. The van der Waals surface area contributed by atoms with Crippen LogP contribution in [0.15, 0.2) is 48.2 Å². The van der Waals surface area contributed by atoms with Crippen LogP contribution in [0.25, 0.3) is 0 Å². The fourth-order valence-electron chi connectivity index (χ4n) is 2.89. The summed E-state index contributed by atoms with van der Waals surface area (Å²) in [5, 5.41) is 5.43. The van der Waals surface area contributed by atoms with Crippen molar-refractivity contribution in [2.75, 3.05) is 24.6 Å². The second-order valence-electron chi connectivity index (χ2n) is 5.72. The Morgan fingerprint density at radius 1 is 1.28 bits per heavy atom. The Labute approximate surface area is 148 Å². The van der Waals surface area contributed by atoms with Crippen molar-refractivity contribution in [1.29, 1.82) is 0 Å². The molecular formula is C19H25N3O3. The van der Waals surface area contributed by atoms with Crippen LogP contribution in [0.3, 0.4) is 0 Å². The van der Waals surface area contributed by atoms with Gasteiger partial charge in [0, 0.05) is 24.5 Å². The van der Waals surface area contributed by atoms with Crippen LogP contribution in [-0.4, -0.2) is 31.7 Å². The maximum atomic E-state index is 12.4. The smallest absolute Gasteiger partial charge is 0.338 e. The fraction of sp³-hybridized carbons (Fsp3) is 0.368. The number of anilines is 1. The number of rotatable bonds is 7. The Morgan fingerprint density at radius 3 is 2.48 bits per heavy atom. The first kappa shape index (κ1) is 18.6. The van der Waals surface area contributed by atoms with Crippen molar-refractivity contribution in [3.63, 3.8) is 0 Å². The summed E-state index contributed by atoms with van der Waals surface area (Å²) in [5.74, 6) is -0.470. The van der Waals surface area contributed by atoms with Gasteiger partial charge in [-0.15, -0.1) is 0 Å². The highest BCUT2D eigenvalue weighted by Gasteiger charge is 2.32. The molecule has 1 atom stereocenters. The molecule has 0 fully saturated rings. The van der Waals surface area contributed by atoms with E-state index in [0.29, 0.717) is 11.3 Å². The molecule has 0 bridgehead atoms. The van der Waals surface area contributed by atoms with E-state index >= 15 is 0 Å². The lowest BCUT2D eigenvalue weighted by atomic mass is 9.95. The summed E-state index contributed by atoms with van der Waals surface area (Å²) in [6.07, 6.45) is 1.51. The minimum absolute atomic E-state index is 0.122. The number of urea groups is 1. The van der Waals surface area contributed by atoms with Gasteiger partial charge in [-0.1, -0.05) is 24.8 Å². The molecule has 1 heterocycles. The van der Waals surface area contributed by atoms with Crippen LogP contribution in [0.4, 0.5) is 10.5 Å². The Hall–Kier alpha value is -2.76. The van der Waals surface area contributed by atoms with Crippen molar-refractivity contribution in [3.8, 4) is 0 Å². The maximum absolute atomic E-state index is 12.4. The SMILES string of the molecule is C=CCOC(=O)C1=C(C)NC(=O)NC1c1ccc(N(CC)CC)cc1. The molecule has 134 valence electrons. The topological polar surface area (TPSA) is 70.7 Å². The molecule has 1 aromatic carbocycles. The predicted octanol–water partition coefficient (Wildman–Crippen LogP) is 2.89. The number of carbonyl (C=O) groups is 2. The van der Waals surface area contributed by atoms with Gasteiger partial charge in [-0.05, 0) is 38.5 Å². The van der Waals surface area contributed by atoms with Crippen molar-refractivity contribution in [2.45, 2.75) is 26.8 Å². The van der Waals surface area contributed by atoms with Crippen molar-refractivity contribution in [1.82, 2.24) is 10.6 Å². The van der Waals surface area contributed by atoms with Crippen molar-refractivity contribution < 1.29 is 14.3 Å². The van der Waals surface area contributed by atoms with Crippen LogP contribution in [-0.2, 0) is 9.53 Å². The van der Waals surface area contributed by atoms with Crippen LogP contribution in [0.1, 0.15) is 32.4 Å². The van der Waals surface area contributed by atoms with Crippen LogP contribution >= 0.6 is 0 Å². The van der Waals surface area contributed by atoms with Crippen molar-refractivity contribution in [3.05, 3.63) is 53.8 Å². The lowest BCUT2D eigenvalue weighted by molar-refractivity contribution is -0.138. The van der Waals surface area contributed by atoms with Gasteiger partial charge >= 0.3 is 12.0 Å². The molecule has 1 unspecified atom stereocenters. The Bertz CT molecular complexity index is 676. The van der Waals surface area contributed by atoms with E-state index in [4.69, 9.17) is 4.74 Å². The Kier molecular flexibility index (Phi) is 6.22. The minimum atomic E-state index is -0.545. The molecule has 2 amide bonds. The molecule has 2 N–H and O–H groups in total. The van der Waals surface area contributed by atoms with Crippen LogP contribution in [0.2, 0.25) is 0 Å². The summed E-state index contributed by atoms with van der Waals surface area (Å²) < 4.78 is 5.17. The van der Waals surface area contributed by atoms with Crippen LogP contribution in [0.5, 0.6) is 0 Å². The van der Waals surface area contributed by atoms with E-state index in [1.54, 1.807) is 6.92 Å². The molecule has 25 heavy (non-hydrogen) atoms. The summed E-state index contributed by atoms with van der Waals surface area (Å²) >= 11 is 0. The first-order valence-electron chi connectivity index (χ1n) is 8.43. The summed E-state index contributed by atoms with van der Waals surface area (Å²) in [6, 6.07) is 6.97. The minimum Gasteiger partial charge on any atom is -0.458 e. The number of amides is 2. The van der Waals surface area contributed by atoms with E-state index in [1.165, 1.54) is 6.08 Å². The third-order valence-corrected chi connectivity index (χ3v) is 4.18. The van der Waals surface area contributed by atoms with Gasteiger partial charge < -0.3 is 20.3 Å². The van der Waals surface area contributed by atoms with Gasteiger partial charge in [0.05, 0.1) is 11.6 Å². The van der Waals surface area contributed by atoms with E-state index in [-0.39, 0.29) is 12.6 Å². The number of allylic oxidation sites excluding steroid dienone is 1. The second kappa shape index (κ2) is 8.37. The van der Waals surface area contributed by atoms with E-state index in [1.807, 2.05) is 24.3 Å². The van der Waals surface area contributed by atoms with Crippen molar-refractivity contribution in [2.24, 2.45) is 0 Å². The molecule has 0 saturated heterocycles. The number of esters is 1. The molecule has 0 radical (unpaired) electrons. The number of carbonyl (C=O) groups excluding carboxylic acids is 2. The number of nitrogens with zero attached hydrogens (tertiary/aromatic N) is 1. The quantitative estimate of drug-likeness (QED) is 0.590. The summed E-state index contributed by atoms with van der Waals surface area (Å²) in [4.78, 5) is 26.5. The zero-order valence-corrected chi connectivity index (χ0v) is 15.0. The average Bonchev–Trinajstić information content (AvgIpc) is 2.60. The lowest BCUT2D eigenvalue weighted by Gasteiger charge is -2.28. The fourth-order valence-corrected chi connectivity index (χ4v) is 2.89. The van der Waals surface area contributed by atoms with Gasteiger partial charge in [-0.25, -0.2) is 9.59 Å². The monoisotopic (exact) mass is 343 g/mol. The molecule has 0 spiro atoms. The Morgan fingerprint density at radius 2 is 1.92 bits per heavy atom. The zero-order valence-electron chi connectivity index (χ0n) is 15.0. The second-order valence-corrected chi connectivity index (χ2v) is 5.72. The van der Waals surface area contributed by atoms with Gasteiger partial charge in [-0.2, -0.15) is 0 Å². The van der Waals surface area contributed by atoms with E-state index in [0.717, 1.165) is 24.3 Å². The largest absolute Gasteiger partial charge is 0.458 e. The van der Waals surface area contributed by atoms with Gasteiger partial charge in [0.15, 0.2) is 0 Å². The van der Waals surface area contributed by atoms with Crippen LogP contribution < -0.4 is 15.5 Å². The lowest BCUT2D eigenvalue weighted by Crippen LogP contribution is -2.45. The summed E-state index contributed by atoms with van der Waals surface area (Å²) in [5.41, 5.74) is 2.83. The molecule has 1 aromatic rings. The first-order valence-corrected chi connectivity index (χ1v) is 8.43. The van der Waals surface area contributed by atoms with Gasteiger partial charge in [-0.3, -0.25) is 0 Å². The van der Waals surface area contributed by atoms with Crippen molar-refractivity contribution >= 4 is 17.7 Å². The van der Waals surface area contributed by atoms with Gasteiger partial charge in [0.25, 0.3) is 0 Å². The molecule has 0 aliphatic carbocycles. The maximum Gasteiger partial charge on any atom is 0.338 e. The van der Waals surface area contributed by atoms with Gasteiger partial charge in [0.2, 0.25) is 0 Å². The average molecular weight is 343 g/mol. The molecule has 6 nitrogen and oxygen atoms in total. The molecule has 1 aliphatic rings. The highest BCUT2D eigenvalue weighted by atomic mass is 16.5. The van der Waals surface area contributed by atoms with E-state index in [2.05, 4.69) is 36.0 Å². The number of hydrogen-bond acceptors (Lipinski definition) is 4. The number of nitrogens with one attached hydrogen (secondary N) is 2. The zero-order chi connectivity index (χ0) is 18.4. The molecule has 2 rings (SSSR count). The summed E-state index contributed by atoms with van der Waals surface area (Å²) in [7, 11) is 0. The molecular weight excluding hydrogens is 318 g/mol. The van der Waals surface area contributed by atoms with Crippen LogP contribution in [0, 0.1) is 0 Å². The normalized spacial score (nSPS) is 16.8. The third-order valence-electron chi connectivity index (χ3n) is 4.18. The molecule has 1 aliphatic heterocycles. The van der Waals surface area contributed by atoms with Gasteiger partial charge in [0.1, 0.15) is 6.61 Å². The Balaban J connectivity index is 2.33. The molecule has 6 heteroatoms. The molecule has 0 saturated carbocycles. The predicted molar refractivity (Wildman–Crippen MR) is 98.3 cm³/mol. The highest BCUT2D eigenvalue weighted by Crippen LogP contribution is 2.29. The standard InChI is InChI=1S/C19H25N3O3/c1-5-12-25-18(23)16-13(4)20-19(24)21-17(16)14-8-10-15(11-9-14)22(6-2)7-3/h5,8-11,17H,1,6-7,12H2,2-4H3,(H2,20,21,24). The molecule has 0 aromatic heterocycles. The van der Waals surface area contributed by atoms with E-state index < -0.39 is 12.0 Å².